The van der Waals surface area contributed by atoms with Gasteiger partial charge in [-0.3, -0.25) is 4.79 Å². The highest BCUT2D eigenvalue weighted by Gasteiger charge is 2.17. The van der Waals surface area contributed by atoms with Crippen LogP contribution in [0.1, 0.15) is 72.5 Å². The van der Waals surface area contributed by atoms with Crippen molar-refractivity contribution in [3.8, 4) is 0 Å². The van der Waals surface area contributed by atoms with Crippen LogP contribution in [-0.4, -0.2) is 12.5 Å². The first-order chi connectivity index (χ1) is 9.15. The highest BCUT2D eigenvalue weighted by molar-refractivity contribution is 5.72. The first-order valence-electron chi connectivity index (χ1n) is 8.38. The number of esters is 1. The Morgan fingerprint density at radius 1 is 1.27 bits per heavy atom. The molecule has 0 aliphatic heterocycles. The van der Waals surface area contributed by atoms with E-state index in [9.17, 15) is 4.79 Å². The topological polar surface area (TPSA) is 26.3 Å². The summed E-state index contributed by atoms with van der Waals surface area (Å²) >= 11 is 0. The number of unbranched alkanes of at least 4 members (excludes halogenated alkanes) is 3. The number of ether oxygens (including phenoxy) is 1. The number of rotatable bonds is 9. The standard InChI is InChI=1S/C13H26O2/c1-4-7-8-9-11-12(10-5-2)13(14)15-6-3/h12H,4-11H2,1-3H3/t12-/m1/s1/i3D3,6D2. The molecule has 15 heavy (non-hydrogen) atoms. The molecule has 0 unspecified atom stereocenters. The first-order valence-corrected chi connectivity index (χ1v) is 5.88. The molecule has 0 aromatic rings. The molecule has 0 heterocycles. The fraction of sp³-hybridized carbons (Fsp3) is 0.923. The summed E-state index contributed by atoms with van der Waals surface area (Å²) in [5.41, 5.74) is 0. The van der Waals surface area contributed by atoms with Crippen molar-refractivity contribution < 1.29 is 16.4 Å². The molecule has 0 bridgehead atoms. The summed E-state index contributed by atoms with van der Waals surface area (Å²) in [4.78, 5) is 11.9. The molecular formula is C13H26O2. The normalized spacial score (nSPS) is 19.2. The Labute approximate surface area is 101 Å². The van der Waals surface area contributed by atoms with Crippen LogP contribution in [0, 0.1) is 5.92 Å². The molecule has 0 radical (unpaired) electrons. The Hall–Kier alpha value is -0.530. The van der Waals surface area contributed by atoms with Gasteiger partial charge in [0.1, 0.15) is 0 Å². The molecule has 2 nitrogen and oxygen atoms in total. The number of hydrogen-bond acceptors (Lipinski definition) is 2. The molecule has 0 aliphatic rings. The van der Waals surface area contributed by atoms with Crippen molar-refractivity contribution in [3.63, 3.8) is 0 Å². The Morgan fingerprint density at radius 2 is 2.07 bits per heavy atom. The predicted octanol–water partition coefficient (Wildman–Crippen LogP) is 3.94. The van der Waals surface area contributed by atoms with Crippen LogP contribution in [-0.2, 0) is 9.53 Å². The number of hydrogen-bond donors (Lipinski definition) is 0. The monoisotopic (exact) mass is 219 g/mol. The lowest BCUT2D eigenvalue weighted by atomic mass is 9.96. The zero-order chi connectivity index (χ0) is 15.8. The van der Waals surface area contributed by atoms with E-state index in [-0.39, 0.29) is 0 Å². The summed E-state index contributed by atoms with van der Waals surface area (Å²) in [7, 11) is 0. The SMILES string of the molecule is [2H]C([2H])([2H])C([2H])([2H])OC(=O)[C@H](CCC)CCCCCC. The van der Waals surface area contributed by atoms with E-state index < -0.39 is 25.3 Å². The third-order valence-electron chi connectivity index (χ3n) is 2.53. The largest absolute Gasteiger partial charge is 0.466 e. The van der Waals surface area contributed by atoms with E-state index in [0.717, 1.165) is 32.1 Å². The molecule has 0 rings (SSSR count). The number of carbonyl (C=O) groups excluding carboxylic acids is 1. The fourth-order valence-corrected chi connectivity index (χ4v) is 1.68. The van der Waals surface area contributed by atoms with Crippen molar-refractivity contribution in [2.45, 2.75) is 65.6 Å². The van der Waals surface area contributed by atoms with Gasteiger partial charge in [0.05, 0.1) is 15.2 Å². The molecule has 0 fully saturated rings. The quantitative estimate of drug-likeness (QED) is 0.434. The number of carbonyl (C=O) groups is 1. The summed E-state index contributed by atoms with van der Waals surface area (Å²) in [5.74, 6) is -1.14. The van der Waals surface area contributed by atoms with Crippen LogP contribution in [0.2, 0.25) is 0 Å². The van der Waals surface area contributed by atoms with Gasteiger partial charge in [0, 0.05) is 4.11 Å². The van der Waals surface area contributed by atoms with Gasteiger partial charge >= 0.3 is 5.97 Å². The molecular weight excluding hydrogens is 188 g/mol. The first kappa shape index (κ1) is 7.70. The average molecular weight is 219 g/mol. The van der Waals surface area contributed by atoms with Crippen LogP contribution < -0.4 is 0 Å². The van der Waals surface area contributed by atoms with Gasteiger partial charge in [-0.2, -0.15) is 0 Å². The molecule has 0 N–H and O–H groups in total. The highest BCUT2D eigenvalue weighted by atomic mass is 16.5. The second-order valence-electron chi connectivity index (χ2n) is 3.86. The van der Waals surface area contributed by atoms with E-state index in [2.05, 4.69) is 11.7 Å². The van der Waals surface area contributed by atoms with E-state index in [1.54, 1.807) is 0 Å². The van der Waals surface area contributed by atoms with E-state index in [1.165, 1.54) is 0 Å². The minimum atomic E-state index is -2.96. The van der Waals surface area contributed by atoms with Crippen LogP contribution in [0.25, 0.3) is 0 Å². The zero-order valence-electron chi connectivity index (χ0n) is 14.8. The molecule has 2 heteroatoms. The summed E-state index contributed by atoms with van der Waals surface area (Å²) in [5, 5.41) is 0. The van der Waals surface area contributed by atoms with Crippen LogP contribution in [0.5, 0.6) is 0 Å². The molecule has 90 valence electrons. The maximum Gasteiger partial charge on any atom is 0.308 e. The summed E-state index contributed by atoms with van der Waals surface area (Å²) < 4.78 is 40.4. The molecule has 0 aromatic heterocycles. The Balaban J connectivity index is 4.49. The van der Waals surface area contributed by atoms with E-state index in [1.807, 2.05) is 6.92 Å². The molecule has 0 saturated heterocycles. The fourth-order valence-electron chi connectivity index (χ4n) is 1.68. The van der Waals surface area contributed by atoms with E-state index in [4.69, 9.17) is 6.85 Å². The van der Waals surface area contributed by atoms with Gasteiger partial charge in [-0.25, -0.2) is 0 Å². The van der Waals surface area contributed by atoms with Gasteiger partial charge in [0.2, 0.25) is 0 Å². The Bertz CT molecular complexity index is 289. The summed E-state index contributed by atoms with van der Waals surface area (Å²) in [6.07, 6.45) is 6.12. The molecule has 1 atom stereocenters. The maximum atomic E-state index is 11.9. The maximum absolute atomic E-state index is 11.9. The van der Waals surface area contributed by atoms with Gasteiger partial charge in [-0.15, -0.1) is 0 Å². The lowest BCUT2D eigenvalue weighted by Gasteiger charge is -2.14. The van der Waals surface area contributed by atoms with Gasteiger partial charge in [0.15, 0.2) is 0 Å². The smallest absolute Gasteiger partial charge is 0.308 e. The molecule has 0 aromatic carbocycles. The van der Waals surface area contributed by atoms with Crippen molar-refractivity contribution in [1.29, 1.82) is 0 Å². The second-order valence-corrected chi connectivity index (χ2v) is 3.86. The Kier molecular flexibility index (Phi) is 5.13. The molecule has 0 saturated carbocycles. The third kappa shape index (κ3) is 7.40. The van der Waals surface area contributed by atoms with Gasteiger partial charge in [0.25, 0.3) is 0 Å². The van der Waals surface area contributed by atoms with Crippen LogP contribution in [0.3, 0.4) is 0 Å². The molecule has 0 spiro atoms. The van der Waals surface area contributed by atoms with Crippen molar-refractivity contribution >= 4 is 5.97 Å². The predicted molar refractivity (Wildman–Crippen MR) is 63.8 cm³/mol. The van der Waals surface area contributed by atoms with Gasteiger partial charge < -0.3 is 4.74 Å². The highest BCUT2D eigenvalue weighted by Crippen LogP contribution is 2.17. The van der Waals surface area contributed by atoms with Crippen LogP contribution in [0.15, 0.2) is 0 Å². The van der Waals surface area contributed by atoms with Crippen molar-refractivity contribution in [1.82, 2.24) is 0 Å². The lowest BCUT2D eigenvalue weighted by Crippen LogP contribution is -2.17. The van der Waals surface area contributed by atoms with Crippen LogP contribution in [0.4, 0.5) is 0 Å². The second kappa shape index (κ2) is 10.0. The molecule has 0 aliphatic carbocycles. The van der Waals surface area contributed by atoms with Crippen molar-refractivity contribution in [3.05, 3.63) is 0 Å². The lowest BCUT2D eigenvalue weighted by molar-refractivity contribution is -0.148. The summed E-state index contributed by atoms with van der Waals surface area (Å²) in [6.45, 7) is -1.84. The Morgan fingerprint density at radius 3 is 2.67 bits per heavy atom. The van der Waals surface area contributed by atoms with E-state index >= 15 is 0 Å². The zero-order valence-corrected chi connectivity index (χ0v) is 9.84. The van der Waals surface area contributed by atoms with Crippen molar-refractivity contribution in [2.75, 3.05) is 6.56 Å². The third-order valence-corrected chi connectivity index (χ3v) is 2.53. The van der Waals surface area contributed by atoms with E-state index in [0.29, 0.717) is 12.8 Å². The average Bonchev–Trinajstić information content (AvgIpc) is 2.31. The van der Waals surface area contributed by atoms with Gasteiger partial charge in [-0.1, -0.05) is 46.0 Å². The summed E-state index contributed by atoms with van der Waals surface area (Å²) in [6, 6.07) is 0. The minimum absolute atomic E-state index is 0.408. The van der Waals surface area contributed by atoms with Crippen molar-refractivity contribution in [2.24, 2.45) is 5.92 Å². The molecule has 0 amide bonds. The minimum Gasteiger partial charge on any atom is -0.466 e. The van der Waals surface area contributed by atoms with Crippen LogP contribution >= 0.6 is 0 Å². The van der Waals surface area contributed by atoms with Gasteiger partial charge in [-0.05, 0) is 19.7 Å².